The molecule has 5 heteroatoms. The molecule has 1 aromatic carbocycles. The number of benzene rings is 1. The summed E-state index contributed by atoms with van der Waals surface area (Å²) in [5.74, 6) is 0.692. The van der Waals surface area contributed by atoms with Crippen LogP contribution in [0, 0.1) is 16.7 Å². The molecule has 1 amide bonds. The van der Waals surface area contributed by atoms with Crippen LogP contribution >= 0.6 is 0 Å². The Labute approximate surface area is 136 Å². The summed E-state index contributed by atoms with van der Waals surface area (Å²) in [5, 5.41) is 20.5. The van der Waals surface area contributed by atoms with Crippen molar-refractivity contribution in [2.75, 3.05) is 0 Å². The Kier molecular flexibility index (Phi) is 4.16. The minimum absolute atomic E-state index is 0.0935. The van der Waals surface area contributed by atoms with E-state index in [4.69, 9.17) is 9.84 Å². The average molecular weight is 314 g/mol. The molecule has 23 heavy (non-hydrogen) atoms. The minimum atomic E-state index is -0.941. The van der Waals surface area contributed by atoms with Gasteiger partial charge in [-0.15, -0.1) is 0 Å². The summed E-state index contributed by atoms with van der Waals surface area (Å²) in [6.45, 7) is 2.13. The Hall–Kier alpha value is -2.22. The second kappa shape index (κ2) is 6.11. The number of carbonyl (C=O) groups is 1. The van der Waals surface area contributed by atoms with Crippen molar-refractivity contribution in [1.82, 2.24) is 5.32 Å². The summed E-state index contributed by atoms with van der Waals surface area (Å²) in [7, 11) is 0. The fraction of sp³-hybridized carbons (Fsp3) is 0.556. The van der Waals surface area contributed by atoms with E-state index in [1.165, 1.54) is 5.56 Å². The first kappa shape index (κ1) is 15.7. The van der Waals surface area contributed by atoms with E-state index in [-0.39, 0.29) is 17.6 Å². The maximum Gasteiger partial charge on any atom is 0.404 e. The number of ether oxygens (including phenoxy) is 1. The van der Waals surface area contributed by atoms with Crippen LogP contribution in [-0.4, -0.2) is 23.3 Å². The molecule has 0 unspecified atom stereocenters. The molecule has 2 fully saturated rings. The Bertz CT molecular complexity index is 636. The molecule has 2 aliphatic rings. The summed E-state index contributed by atoms with van der Waals surface area (Å²) in [4.78, 5) is 10.6. The molecule has 0 aromatic heterocycles. The van der Waals surface area contributed by atoms with Crippen LogP contribution in [0.2, 0.25) is 0 Å². The molecule has 0 radical (unpaired) electrons. The molecule has 0 atom stereocenters. The topological polar surface area (TPSA) is 82.3 Å². The standard InChI is InChI=1S/C18H22N2O3/c1-2-3-12-4-5-13(11-19)16(6-12)23-15-9-18(10-15)7-14(8-18)20-17(21)22/h4-6,14-15,20H,2-3,7-10H2,1H3,(H,21,22). The van der Waals surface area contributed by atoms with E-state index >= 15 is 0 Å². The number of aryl methyl sites for hydroxylation is 1. The van der Waals surface area contributed by atoms with Crippen LogP contribution in [0.4, 0.5) is 4.79 Å². The van der Waals surface area contributed by atoms with Crippen LogP contribution < -0.4 is 10.1 Å². The number of rotatable bonds is 5. The molecule has 0 heterocycles. The van der Waals surface area contributed by atoms with Gasteiger partial charge in [0.2, 0.25) is 0 Å². The zero-order valence-electron chi connectivity index (χ0n) is 13.3. The van der Waals surface area contributed by atoms with Gasteiger partial charge in [0.05, 0.1) is 11.7 Å². The minimum Gasteiger partial charge on any atom is -0.489 e. The zero-order chi connectivity index (χ0) is 16.4. The van der Waals surface area contributed by atoms with Gasteiger partial charge in [0.15, 0.2) is 0 Å². The molecule has 2 saturated carbocycles. The van der Waals surface area contributed by atoms with Crippen molar-refractivity contribution < 1.29 is 14.6 Å². The zero-order valence-corrected chi connectivity index (χ0v) is 13.3. The lowest BCUT2D eigenvalue weighted by atomic mass is 9.53. The smallest absolute Gasteiger partial charge is 0.404 e. The fourth-order valence-electron chi connectivity index (χ4n) is 3.97. The van der Waals surface area contributed by atoms with Crippen molar-refractivity contribution in [3.63, 3.8) is 0 Å². The highest BCUT2D eigenvalue weighted by Crippen LogP contribution is 2.56. The molecule has 0 aliphatic heterocycles. The number of amides is 1. The molecule has 5 nitrogen and oxygen atoms in total. The quantitative estimate of drug-likeness (QED) is 0.872. The lowest BCUT2D eigenvalue weighted by molar-refractivity contribution is -0.0838. The first-order chi connectivity index (χ1) is 11.0. The van der Waals surface area contributed by atoms with Crippen molar-refractivity contribution >= 4 is 6.09 Å². The predicted octanol–water partition coefficient (Wildman–Crippen LogP) is 3.47. The van der Waals surface area contributed by atoms with E-state index in [2.05, 4.69) is 18.3 Å². The van der Waals surface area contributed by atoms with Gasteiger partial charge >= 0.3 is 6.09 Å². The van der Waals surface area contributed by atoms with E-state index in [1.807, 2.05) is 18.2 Å². The summed E-state index contributed by atoms with van der Waals surface area (Å²) < 4.78 is 6.05. The largest absolute Gasteiger partial charge is 0.489 e. The van der Waals surface area contributed by atoms with E-state index in [9.17, 15) is 10.1 Å². The summed E-state index contributed by atoms with van der Waals surface area (Å²) >= 11 is 0. The van der Waals surface area contributed by atoms with Gasteiger partial charge in [-0.1, -0.05) is 19.4 Å². The van der Waals surface area contributed by atoms with Gasteiger partial charge in [-0.25, -0.2) is 4.79 Å². The Morgan fingerprint density at radius 1 is 1.43 bits per heavy atom. The van der Waals surface area contributed by atoms with Crippen molar-refractivity contribution in [2.24, 2.45) is 5.41 Å². The van der Waals surface area contributed by atoms with Gasteiger partial charge in [0, 0.05) is 6.04 Å². The highest BCUT2D eigenvalue weighted by molar-refractivity contribution is 5.65. The van der Waals surface area contributed by atoms with E-state index < -0.39 is 6.09 Å². The molecule has 1 spiro atoms. The van der Waals surface area contributed by atoms with Gasteiger partial charge in [0.1, 0.15) is 11.8 Å². The third-order valence-electron chi connectivity index (χ3n) is 5.01. The lowest BCUT2D eigenvalue weighted by Crippen LogP contribution is -2.58. The van der Waals surface area contributed by atoms with Gasteiger partial charge in [-0.3, -0.25) is 0 Å². The van der Waals surface area contributed by atoms with E-state index in [0.717, 1.165) is 38.5 Å². The maximum atomic E-state index is 10.6. The van der Waals surface area contributed by atoms with Gasteiger partial charge in [-0.2, -0.15) is 5.26 Å². The summed E-state index contributed by atoms with van der Waals surface area (Å²) in [6, 6.07) is 8.11. The van der Waals surface area contributed by atoms with Gasteiger partial charge in [-0.05, 0) is 55.2 Å². The Balaban J connectivity index is 1.55. The lowest BCUT2D eigenvalue weighted by Gasteiger charge is -2.57. The van der Waals surface area contributed by atoms with Crippen molar-refractivity contribution in [3.05, 3.63) is 29.3 Å². The number of nitriles is 1. The van der Waals surface area contributed by atoms with Crippen molar-refractivity contribution in [3.8, 4) is 11.8 Å². The molecule has 2 N–H and O–H groups in total. The predicted molar refractivity (Wildman–Crippen MR) is 85.4 cm³/mol. The molecule has 3 rings (SSSR count). The van der Waals surface area contributed by atoms with Crippen molar-refractivity contribution in [2.45, 2.75) is 57.6 Å². The second-order valence-electron chi connectivity index (χ2n) is 6.90. The van der Waals surface area contributed by atoms with Gasteiger partial charge in [0.25, 0.3) is 0 Å². The van der Waals surface area contributed by atoms with E-state index in [1.54, 1.807) is 0 Å². The summed E-state index contributed by atoms with van der Waals surface area (Å²) in [6.07, 6.45) is 4.96. The third kappa shape index (κ3) is 3.26. The van der Waals surface area contributed by atoms with Crippen LogP contribution in [0.3, 0.4) is 0 Å². The van der Waals surface area contributed by atoms with Crippen molar-refractivity contribution in [1.29, 1.82) is 5.26 Å². The highest BCUT2D eigenvalue weighted by atomic mass is 16.5. The SMILES string of the molecule is CCCc1ccc(C#N)c(OC2CC3(CC(NC(=O)O)C3)C2)c1. The number of nitrogens with zero attached hydrogens (tertiary/aromatic N) is 1. The second-order valence-corrected chi connectivity index (χ2v) is 6.90. The monoisotopic (exact) mass is 314 g/mol. The molecular weight excluding hydrogens is 292 g/mol. The van der Waals surface area contributed by atoms with Crippen LogP contribution in [0.1, 0.15) is 50.2 Å². The highest BCUT2D eigenvalue weighted by Gasteiger charge is 2.54. The molecule has 0 bridgehead atoms. The molecular formula is C18H22N2O3. The van der Waals surface area contributed by atoms with Crippen LogP contribution in [0.25, 0.3) is 0 Å². The normalized spacial score (nSPS) is 28.3. The van der Waals surface area contributed by atoms with Gasteiger partial charge < -0.3 is 15.2 Å². The number of carboxylic acid groups (broad SMARTS) is 1. The fourth-order valence-corrected chi connectivity index (χ4v) is 3.97. The maximum absolute atomic E-state index is 10.6. The number of hydrogen-bond acceptors (Lipinski definition) is 3. The first-order valence-corrected chi connectivity index (χ1v) is 8.23. The number of nitrogens with one attached hydrogen (secondary N) is 1. The Morgan fingerprint density at radius 2 is 2.17 bits per heavy atom. The average Bonchev–Trinajstić information content (AvgIpc) is 2.43. The third-order valence-corrected chi connectivity index (χ3v) is 5.01. The van der Waals surface area contributed by atoms with E-state index in [0.29, 0.717) is 11.3 Å². The van der Waals surface area contributed by atoms with Crippen LogP contribution in [0.15, 0.2) is 18.2 Å². The molecule has 122 valence electrons. The first-order valence-electron chi connectivity index (χ1n) is 8.23. The molecule has 2 aliphatic carbocycles. The molecule has 0 saturated heterocycles. The van der Waals surface area contributed by atoms with Crippen LogP contribution in [0.5, 0.6) is 5.75 Å². The Morgan fingerprint density at radius 3 is 2.78 bits per heavy atom. The number of hydrogen-bond donors (Lipinski definition) is 2. The summed E-state index contributed by atoms with van der Waals surface area (Å²) in [5.41, 5.74) is 2.04. The molecule has 1 aromatic rings. The van der Waals surface area contributed by atoms with Crippen LogP contribution in [-0.2, 0) is 6.42 Å².